The van der Waals surface area contributed by atoms with Crippen LogP contribution in [0.15, 0.2) is 89.5 Å². The maximum absolute atomic E-state index is 13.5. The topological polar surface area (TPSA) is 63.2 Å². The Kier molecular flexibility index (Phi) is 6.53. The Hall–Kier alpha value is -4.06. The van der Waals surface area contributed by atoms with Crippen molar-refractivity contribution in [1.29, 1.82) is 0 Å². The number of methoxy groups -OCH3 is 2. The standard InChI is InChI=1S/C29H29N3O3/c1-34-24-15-11-20(12-16-24)19-22-7-6-10-26-27(22)31-32(29(33)30-23-8-4-3-5-9-23)28(26)21-13-17-25(35-2)18-14-21/h3-5,8-9,11-19,26,28H,6-7,10H2,1-2H3,(H,30,33)/b22-19+/t26-,28+/m0/s1. The molecule has 1 aliphatic heterocycles. The molecule has 1 aliphatic carbocycles. The number of carbonyl (C=O) groups is 1. The third kappa shape index (κ3) is 4.78. The van der Waals surface area contributed by atoms with E-state index in [1.807, 2.05) is 78.9 Å². The van der Waals surface area contributed by atoms with Gasteiger partial charge in [0.15, 0.2) is 0 Å². The number of allylic oxidation sites excluding steroid dienone is 1. The number of nitrogens with one attached hydrogen (secondary N) is 1. The number of anilines is 1. The lowest BCUT2D eigenvalue weighted by Gasteiger charge is -2.29. The largest absolute Gasteiger partial charge is 0.497 e. The number of para-hydroxylation sites is 1. The Bertz CT molecular complexity index is 1230. The highest BCUT2D eigenvalue weighted by molar-refractivity contribution is 6.08. The fraction of sp³-hybridized carbons (Fsp3) is 0.241. The first-order chi connectivity index (χ1) is 17.2. The summed E-state index contributed by atoms with van der Waals surface area (Å²) >= 11 is 0. The normalized spacial score (nSPS) is 20.2. The van der Waals surface area contributed by atoms with E-state index in [1.165, 1.54) is 5.57 Å². The summed E-state index contributed by atoms with van der Waals surface area (Å²) < 4.78 is 10.6. The van der Waals surface area contributed by atoms with Crippen LogP contribution in [0.3, 0.4) is 0 Å². The molecule has 0 radical (unpaired) electrons. The SMILES string of the molecule is COc1ccc(/C=C2\CCC[C@H]3C2=NN(C(=O)Nc2ccccc2)[C@@H]3c2ccc(OC)cc2)cc1. The van der Waals surface area contributed by atoms with E-state index in [-0.39, 0.29) is 18.0 Å². The maximum atomic E-state index is 13.5. The van der Waals surface area contributed by atoms with Crippen LogP contribution < -0.4 is 14.8 Å². The summed E-state index contributed by atoms with van der Waals surface area (Å²) in [6.07, 6.45) is 5.15. The van der Waals surface area contributed by atoms with Crippen molar-refractivity contribution >= 4 is 23.5 Å². The van der Waals surface area contributed by atoms with Gasteiger partial charge in [-0.1, -0.05) is 42.5 Å². The average Bonchev–Trinajstić information content (AvgIpc) is 3.31. The highest BCUT2D eigenvalue weighted by Gasteiger charge is 2.43. The molecule has 0 unspecified atom stereocenters. The van der Waals surface area contributed by atoms with Gasteiger partial charge in [-0.25, -0.2) is 9.80 Å². The van der Waals surface area contributed by atoms with Gasteiger partial charge in [0, 0.05) is 11.6 Å². The lowest BCUT2D eigenvalue weighted by Crippen LogP contribution is -2.34. The zero-order chi connectivity index (χ0) is 24.2. The molecule has 178 valence electrons. The van der Waals surface area contributed by atoms with Crippen molar-refractivity contribution in [3.05, 3.63) is 95.6 Å². The van der Waals surface area contributed by atoms with E-state index < -0.39 is 0 Å². The molecule has 6 nitrogen and oxygen atoms in total. The van der Waals surface area contributed by atoms with Crippen molar-refractivity contribution in [2.45, 2.75) is 25.3 Å². The molecule has 2 amide bonds. The van der Waals surface area contributed by atoms with Crippen molar-refractivity contribution in [3.8, 4) is 11.5 Å². The van der Waals surface area contributed by atoms with E-state index in [2.05, 4.69) is 11.4 Å². The van der Waals surface area contributed by atoms with Crippen LogP contribution in [0.25, 0.3) is 6.08 Å². The van der Waals surface area contributed by atoms with Crippen LogP contribution in [-0.2, 0) is 0 Å². The number of benzene rings is 3. The van der Waals surface area contributed by atoms with Crippen LogP contribution in [0.5, 0.6) is 11.5 Å². The van der Waals surface area contributed by atoms with Gasteiger partial charge in [0.25, 0.3) is 0 Å². The Balaban J connectivity index is 1.50. The Morgan fingerprint density at radius 1 is 0.943 bits per heavy atom. The van der Waals surface area contributed by atoms with Gasteiger partial charge >= 0.3 is 6.03 Å². The highest BCUT2D eigenvalue weighted by Crippen LogP contribution is 2.44. The number of nitrogens with zero attached hydrogens (tertiary/aromatic N) is 2. The number of ether oxygens (including phenoxy) is 2. The predicted octanol–water partition coefficient (Wildman–Crippen LogP) is 6.53. The maximum Gasteiger partial charge on any atom is 0.342 e. The fourth-order valence-corrected chi connectivity index (χ4v) is 4.91. The minimum absolute atomic E-state index is 0.128. The van der Waals surface area contributed by atoms with Crippen LogP contribution in [0, 0.1) is 5.92 Å². The number of fused-ring (bicyclic) bond motifs is 1. The van der Waals surface area contributed by atoms with Gasteiger partial charge < -0.3 is 14.8 Å². The van der Waals surface area contributed by atoms with E-state index >= 15 is 0 Å². The predicted molar refractivity (Wildman–Crippen MR) is 139 cm³/mol. The number of hydrogen-bond donors (Lipinski definition) is 1. The third-order valence-corrected chi connectivity index (χ3v) is 6.65. The highest BCUT2D eigenvalue weighted by atomic mass is 16.5. The smallest absolute Gasteiger partial charge is 0.342 e. The molecule has 0 spiro atoms. The molecule has 5 rings (SSSR count). The Morgan fingerprint density at radius 2 is 1.60 bits per heavy atom. The van der Waals surface area contributed by atoms with Crippen molar-refractivity contribution in [2.24, 2.45) is 11.0 Å². The quantitative estimate of drug-likeness (QED) is 0.464. The molecule has 35 heavy (non-hydrogen) atoms. The number of urea groups is 1. The second-order valence-corrected chi connectivity index (χ2v) is 8.79. The number of hydrogen-bond acceptors (Lipinski definition) is 4. The van der Waals surface area contributed by atoms with Gasteiger partial charge in [0.1, 0.15) is 11.5 Å². The lowest BCUT2D eigenvalue weighted by atomic mass is 9.77. The molecule has 3 aromatic carbocycles. The average molecular weight is 468 g/mol. The first kappa shape index (κ1) is 22.7. The van der Waals surface area contributed by atoms with Crippen LogP contribution >= 0.6 is 0 Å². The molecule has 1 heterocycles. The molecule has 1 saturated carbocycles. The molecular formula is C29H29N3O3. The van der Waals surface area contributed by atoms with E-state index in [4.69, 9.17) is 14.6 Å². The van der Waals surface area contributed by atoms with Crippen LogP contribution in [-0.4, -0.2) is 31.0 Å². The van der Waals surface area contributed by atoms with Gasteiger partial charge in [-0.2, -0.15) is 5.10 Å². The molecule has 1 fully saturated rings. The van der Waals surface area contributed by atoms with Crippen molar-refractivity contribution < 1.29 is 14.3 Å². The van der Waals surface area contributed by atoms with Crippen LogP contribution in [0.2, 0.25) is 0 Å². The number of amides is 2. The molecule has 6 heteroatoms. The van der Waals surface area contributed by atoms with Crippen molar-refractivity contribution in [1.82, 2.24) is 5.01 Å². The summed E-state index contributed by atoms with van der Waals surface area (Å²) in [7, 11) is 3.32. The number of rotatable bonds is 5. The minimum atomic E-state index is -0.234. The van der Waals surface area contributed by atoms with Crippen molar-refractivity contribution in [3.63, 3.8) is 0 Å². The van der Waals surface area contributed by atoms with Gasteiger partial charge in [-0.15, -0.1) is 0 Å². The van der Waals surface area contributed by atoms with E-state index in [0.29, 0.717) is 0 Å². The van der Waals surface area contributed by atoms with E-state index in [1.54, 1.807) is 19.2 Å². The van der Waals surface area contributed by atoms with Crippen molar-refractivity contribution in [2.75, 3.05) is 19.5 Å². The first-order valence-corrected chi connectivity index (χ1v) is 11.9. The zero-order valence-electron chi connectivity index (χ0n) is 20.0. The molecule has 0 saturated heterocycles. The molecule has 1 N–H and O–H groups in total. The van der Waals surface area contributed by atoms with Gasteiger partial charge in [-0.05, 0) is 78.4 Å². The first-order valence-electron chi connectivity index (χ1n) is 11.9. The summed E-state index contributed by atoms with van der Waals surface area (Å²) in [6, 6.07) is 25.1. The lowest BCUT2D eigenvalue weighted by molar-refractivity contribution is 0.188. The van der Waals surface area contributed by atoms with Gasteiger partial charge in [0.05, 0.1) is 26.0 Å². The monoisotopic (exact) mass is 467 g/mol. The Morgan fingerprint density at radius 3 is 2.26 bits per heavy atom. The second kappa shape index (κ2) is 10.1. The third-order valence-electron chi connectivity index (χ3n) is 6.65. The minimum Gasteiger partial charge on any atom is -0.497 e. The van der Waals surface area contributed by atoms with E-state index in [9.17, 15) is 4.79 Å². The number of carbonyl (C=O) groups excluding carboxylic acids is 1. The summed E-state index contributed by atoms with van der Waals surface area (Å²) in [4.78, 5) is 13.5. The molecule has 0 aromatic heterocycles. The molecule has 2 atom stereocenters. The van der Waals surface area contributed by atoms with Gasteiger partial charge in [0.2, 0.25) is 0 Å². The number of hydrazone groups is 1. The summed E-state index contributed by atoms with van der Waals surface area (Å²) in [5.41, 5.74) is 5.06. The molecule has 3 aromatic rings. The van der Waals surface area contributed by atoms with Gasteiger partial charge in [-0.3, -0.25) is 0 Å². The summed E-state index contributed by atoms with van der Waals surface area (Å²) in [5, 5.41) is 9.57. The summed E-state index contributed by atoms with van der Waals surface area (Å²) in [5.74, 6) is 1.75. The van der Waals surface area contributed by atoms with E-state index in [0.717, 1.165) is 53.3 Å². The van der Waals surface area contributed by atoms with Crippen LogP contribution in [0.4, 0.5) is 10.5 Å². The fourth-order valence-electron chi connectivity index (χ4n) is 4.91. The second-order valence-electron chi connectivity index (χ2n) is 8.79. The zero-order valence-corrected chi connectivity index (χ0v) is 20.0. The van der Waals surface area contributed by atoms with Crippen LogP contribution in [0.1, 0.15) is 36.4 Å². The summed E-state index contributed by atoms with van der Waals surface area (Å²) in [6.45, 7) is 0. The Labute approximate surface area is 205 Å². The molecule has 2 aliphatic rings. The molecule has 0 bridgehead atoms. The molecular weight excluding hydrogens is 438 g/mol.